The molecule has 196 valence electrons. The summed E-state index contributed by atoms with van der Waals surface area (Å²) in [4.78, 5) is 15.3. The summed E-state index contributed by atoms with van der Waals surface area (Å²) in [5.74, 6) is -0.371. The molecule has 0 radical (unpaired) electrons. The van der Waals surface area contributed by atoms with Gasteiger partial charge in [0, 0.05) is 11.6 Å². The molecule has 4 aromatic carbocycles. The molecule has 1 aromatic heterocycles. The van der Waals surface area contributed by atoms with Crippen LogP contribution < -0.4 is 4.74 Å². The first-order chi connectivity index (χ1) is 18.8. The van der Waals surface area contributed by atoms with Crippen molar-refractivity contribution in [2.24, 2.45) is 0 Å². The molecule has 0 saturated heterocycles. The number of hydrogen-bond acceptors (Lipinski definition) is 3. The summed E-state index contributed by atoms with van der Waals surface area (Å²) in [5.41, 5.74) is 3.81. The fourth-order valence-electron chi connectivity index (χ4n) is 4.70. The normalized spacial score (nSPS) is 11.5. The number of ether oxygens (including phenoxy) is 1. The summed E-state index contributed by atoms with van der Waals surface area (Å²) in [5, 5.41) is 9.47. The number of hydrogen-bond donors (Lipinski definition) is 1. The van der Waals surface area contributed by atoms with Crippen LogP contribution in [-0.4, -0.2) is 16.1 Å². The molecule has 0 bridgehead atoms. The van der Waals surface area contributed by atoms with Crippen molar-refractivity contribution in [3.05, 3.63) is 131 Å². The number of carbonyl (C=O) groups is 1. The number of para-hydroxylation sites is 1. The van der Waals surface area contributed by atoms with E-state index in [0.29, 0.717) is 34.2 Å². The molecule has 0 aliphatic rings. The van der Waals surface area contributed by atoms with Crippen LogP contribution in [0.15, 0.2) is 103 Å². The van der Waals surface area contributed by atoms with Gasteiger partial charge in [-0.2, -0.15) is 13.2 Å². The van der Waals surface area contributed by atoms with E-state index >= 15 is 0 Å². The average molecular weight is 528 g/mol. The zero-order valence-corrected chi connectivity index (χ0v) is 20.8. The number of alkyl halides is 3. The van der Waals surface area contributed by atoms with Crippen LogP contribution in [0.4, 0.5) is 13.2 Å². The van der Waals surface area contributed by atoms with E-state index in [1.807, 2.05) is 48.5 Å². The minimum Gasteiger partial charge on any atom is -0.489 e. The number of benzene rings is 4. The third-order valence-electron chi connectivity index (χ3n) is 6.39. The van der Waals surface area contributed by atoms with Crippen LogP contribution in [0, 0.1) is 0 Å². The largest absolute Gasteiger partial charge is 0.489 e. The number of rotatable bonds is 8. The molecule has 1 N–H and O–H groups in total. The Hall–Kier alpha value is -4.65. The smallest absolute Gasteiger partial charge is 0.418 e. The molecule has 0 saturated carbocycles. The fourth-order valence-corrected chi connectivity index (χ4v) is 4.70. The van der Waals surface area contributed by atoms with Gasteiger partial charge in [-0.25, -0.2) is 0 Å². The van der Waals surface area contributed by atoms with Gasteiger partial charge in [0.15, 0.2) is 0 Å². The third kappa shape index (κ3) is 6.09. The van der Waals surface area contributed by atoms with Gasteiger partial charge in [0.1, 0.15) is 12.4 Å². The number of carboxylic acid groups (broad SMARTS) is 1. The second kappa shape index (κ2) is 11.0. The third-order valence-corrected chi connectivity index (χ3v) is 6.39. The van der Waals surface area contributed by atoms with Gasteiger partial charge in [-0.05, 0) is 58.0 Å². The van der Waals surface area contributed by atoms with Crippen molar-refractivity contribution in [1.29, 1.82) is 0 Å². The predicted molar refractivity (Wildman–Crippen MR) is 144 cm³/mol. The molecule has 1 heterocycles. The molecule has 39 heavy (non-hydrogen) atoms. The maximum absolute atomic E-state index is 13.8. The van der Waals surface area contributed by atoms with Crippen LogP contribution in [0.3, 0.4) is 0 Å². The lowest BCUT2D eigenvalue weighted by Crippen LogP contribution is -2.07. The lowest BCUT2D eigenvalue weighted by molar-refractivity contribution is -0.137. The van der Waals surface area contributed by atoms with Crippen molar-refractivity contribution in [3.8, 4) is 16.9 Å². The monoisotopic (exact) mass is 527 g/mol. The number of aromatic nitrogens is 1. The van der Waals surface area contributed by atoms with E-state index in [0.717, 1.165) is 22.8 Å². The molecular weight excluding hydrogens is 503 g/mol. The molecule has 0 aliphatic carbocycles. The van der Waals surface area contributed by atoms with Gasteiger partial charge in [-0.3, -0.25) is 9.78 Å². The molecule has 0 spiro atoms. The van der Waals surface area contributed by atoms with Gasteiger partial charge in [0.2, 0.25) is 0 Å². The fraction of sp³-hybridized carbons (Fsp3) is 0.125. The van der Waals surface area contributed by atoms with Crippen molar-refractivity contribution < 1.29 is 27.8 Å². The van der Waals surface area contributed by atoms with E-state index < -0.39 is 17.7 Å². The van der Waals surface area contributed by atoms with Crippen LogP contribution >= 0.6 is 0 Å². The first-order valence-electron chi connectivity index (χ1n) is 12.3. The molecule has 0 unspecified atom stereocenters. The van der Waals surface area contributed by atoms with E-state index in [1.54, 1.807) is 36.4 Å². The van der Waals surface area contributed by atoms with E-state index in [-0.39, 0.29) is 18.5 Å². The average Bonchev–Trinajstić information content (AvgIpc) is 2.91. The van der Waals surface area contributed by atoms with Crippen molar-refractivity contribution in [1.82, 2.24) is 4.98 Å². The Balaban J connectivity index is 1.54. The first-order valence-corrected chi connectivity index (χ1v) is 12.3. The SMILES string of the molecule is O=C(O)Cc1cccc(COc2cccc(-c3c(Cc4ccccc4)cnc4c(C(F)(F)F)cccc34)c2)c1. The predicted octanol–water partition coefficient (Wildman–Crippen LogP) is 7.72. The van der Waals surface area contributed by atoms with Gasteiger partial charge in [0.05, 0.1) is 17.5 Å². The van der Waals surface area contributed by atoms with Crippen molar-refractivity contribution in [2.45, 2.75) is 25.6 Å². The maximum Gasteiger partial charge on any atom is 0.418 e. The number of halogens is 3. The Morgan fingerprint density at radius 3 is 2.31 bits per heavy atom. The number of fused-ring (bicyclic) bond motifs is 1. The lowest BCUT2D eigenvalue weighted by Gasteiger charge is -2.17. The molecule has 0 fully saturated rings. The van der Waals surface area contributed by atoms with Crippen molar-refractivity contribution in [2.75, 3.05) is 0 Å². The van der Waals surface area contributed by atoms with E-state index in [2.05, 4.69) is 4.98 Å². The Labute approximate surface area is 223 Å². The number of nitrogens with zero attached hydrogens (tertiary/aromatic N) is 1. The van der Waals surface area contributed by atoms with Crippen molar-refractivity contribution >= 4 is 16.9 Å². The highest BCUT2D eigenvalue weighted by Crippen LogP contribution is 2.39. The first kappa shape index (κ1) is 26.0. The highest BCUT2D eigenvalue weighted by atomic mass is 19.4. The van der Waals surface area contributed by atoms with E-state index in [1.165, 1.54) is 12.3 Å². The molecule has 5 rings (SSSR count). The lowest BCUT2D eigenvalue weighted by atomic mass is 9.92. The molecule has 5 aromatic rings. The molecule has 7 heteroatoms. The Bertz CT molecular complexity index is 1630. The topological polar surface area (TPSA) is 59.4 Å². The van der Waals surface area contributed by atoms with Crippen LogP contribution in [-0.2, 0) is 30.4 Å². The van der Waals surface area contributed by atoms with Gasteiger partial charge in [0.25, 0.3) is 0 Å². The minimum atomic E-state index is -4.54. The standard InChI is InChI=1S/C32H24F3NO3/c33-32(34,35)28-14-6-13-27-30(25(19-36-31(27)28)16-21-7-2-1-3-8-21)24-11-5-12-26(18-24)39-20-23-10-4-9-22(15-23)17-29(37)38/h1-15,18-19H,16-17,20H2,(H,37,38). The summed E-state index contributed by atoms with van der Waals surface area (Å²) in [6.07, 6.45) is -2.59. The summed E-state index contributed by atoms with van der Waals surface area (Å²) < 4.78 is 47.5. The summed E-state index contributed by atoms with van der Waals surface area (Å²) in [6.45, 7) is 0.211. The minimum absolute atomic E-state index is 0.0808. The number of pyridine rings is 1. The maximum atomic E-state index is 13.8. The second-order valence-corrected chi connectivity index (χ2v) is 9.23. The molecule has 4 nitrogen and oxygen atoms in total. The highest BCUT2D eigenvalue weighted by Gasteiger charge is 2.33. The zero-order chi connectivity index (χ0) is 27.4. The quantitative estimate of drug-likeness (QED) is 0.224. The summed E-state index contributed by atoms with van der Waals surface area (Å²) in [7, 11) is 0. The van der Waals surface area contributed by atoms with Gasteiger partial charge in [-0.15, -0.1) is 0 Å². The Kier molecular flexibility index (Phi) is 7.32. The summed E-state index contributed by atoms with van der Waals surface area (Å²) in [6, 6.07) is 28.2. The molecular formula is C32H24F3NO3. The summed E-state index contributed by atoms with van der Waals surface area (Å²) >= 11 is 0. The van der Waals surface area contributed by atoms with Gasteiger partial charge >= 0.3 is 12.1 Å². The van der Waals surface area contributed by atoms with Gasteiger partial charge < -0.3 is 9.84 Å². The molecule has 0 atom stereocenters. The van der Waals surface area contributed by atoms with Crippen LogP contribution in [0.25, 0.3) is 22.0 Å². The number of carboxylic acids is 1. The Morgan fingerprint density at radius 1 is 0.821 bits per heavy atom. The van der Waals surface area contributed by atoms with Gasteiger partial charge in [-0.1, -0.05) is 78.9 Å². The van der Waals surface area contributed by atoms with E-state index in [4.69, 9.17) is 9.84 Å². The van der Waals surface area contributed by atoms with Crippen LogP contribution in [0.2, 0.25) is 0 Å². The highest BCUT2D eigenvalue weighted by molar-refractivity contribution is 5.98. The number of aliphatic carboxylic acids is 1. The van der Waals surface area contributed by atoms with Crippen LogP contribution in [0.1, 0.15) is 27.8 Å². The van der Waals surface area contributed by atoms with Crippen LogP contribution in [0.5, 0.6) is 5.75 Å². The van der Waals surface area contributed by atoms with Crippen molar-refractivity contribution in [3.63, 3.8) is 0 Å². The second-order valence-electron chi connectivity index (χ2n) is 9.23. The molecule has 0 amide bonds. The van der Waals surface area contributed by atoms with E-state index in [9.17, 15) is 18.0 Å². The zero-order valence-electron chi connectivity index (χ0n) is 20.8. The molecule has 0 aliphatic heterocycles. The Morgan fingerprint density at radius 2 is 1.54 bits per heavy atom.